The number of aliphatic hydroxyl groups excluding tert-OH is 1. The molecule has 0 spiro atoms. The van der Waals surface area contributed by atoms with E-state index < -0.39 is 17.9 Å². The van der Waals surface area contributed by atoms with Gasteiger partial charge in [-0.05, 0) is 24.3 Å². The van der Waals surface area contributed by atoms with Crippen LogP contribution in [0.4, 0.5) is 0 Å². The number of amides is 2. The lowest BCUT2D eigenvalue weighted by Crippen LogP contribution is -2.39. The molecule has 0 radical (unpaired) electrons. The van der Waals surface area contributed by atoms with Crippen LogP contribution in [-0.2, 0) is 0 Å². The van der Waals surface area contributed by atoms with E-state index in [-0.39, 0.29) is 13.2 Å². The molecular formula is C18H16ClNO5. The second-order valence-electron chi connectivity index (χ2n) is 5.53. The average molecular weight is 362 g/mol. The molecule has 0 aromatic heterocycles. The third kappa shape index (κ3) is 3.45. The molecule has 1 aliphatic heterocycles. The second-order valence-corrected chi connectivity index (χ2v) is 5.96. The summed E-state index contributed by atoms with van der Waals surface area (Å²) >= 11 is 5.88. The fraction of sp³-hybridized carbons (Fsp3) is 0.222. The van der Waals surface area contributed by atoms with Crippen LogP contribution in [0.25, 0.3) is 0 Å². The zero-order chi connectivity index (χ0) is 18.0. The molecule has 0 saturated heterocycles. The summed E-state index contributed by atoms with van der Waals surface area (Å²) < 4.78 is 10.7. The summed E-state index contributed by atoms with van der Waals surface area (Å²) in [6.07, 6.45) is -1.04. The number of methoxy groups -OCH3 is 1. The van der Waals surface area contributed by atoms with Gasteiger partial charge in [-0.2, -0.15) is 0 Å². The van der Waals surface area contributed by atoms with Gasteiger partial charge >= 0.3 is 0 Å². The van der Waals surface area contributed by atoms with E-state index in [1.807, 2.05) is 0 Å². The van der Waals surface area contributed by atoms with Gasteiger partial charge < -0.3 is 14.6 Å². The fourth-order valence-electron chi connectivity index (χ4n) is 2.62. The Morgan fingerprint density at radius 1 is 1.08 bits per heavy atom. The number of benzene rings is 2. The topological polar surface area (TPSA) is 76.1 Å². The molecule has 0 saturated carbocycles. The van der Waals surface area contributed by atoms with E-state index in [0.717, 1.165) is 4.90 Å². The normalized spacial score (nSPS) is 14.4. The number of nitrogens with zero attached hydrogens (tertiary/aromatic N) is 1. The largest absolute Gasteiger partial charge is 0.493 e. The van der Waals surface area contributed by atoms with Gasteiger partial charge in [0.25, 0.3) is 11.8 Å². The van der Waals surface area contributed by atoms with Crippen LogP contribution in [0.1, 0.15) is 20.7 Å². The first kappa shape index (κ1) is 17.3. The number of rotatable bonds is 6. The van der Waals surface area contributed by atoms with Crippen molar-refractivity contribution in [1.82, 2.24) is 4.90 Å². The van der Waals surface area contributed by atoms with Gasteiger partial charge in [0, 0.05) is 11.1 Å². The highest BCUT2D eigenvalue weighted by Gasteiger charge is 2.36. The number of β-amino-alcohol motifs (C(OH)–C–C–N with tert-alkyl or cyclic N) is 1. The first-order valence-electron chi connectivity index (χ1n) is 7.61. The number of halogens is 1. The molecule has 130 valence electrons. The number of imide groups is 1. The maximum atomic E-state index is 12.3. The van der Waals surface area contributed by atoms with E-state index >= 15 is 0 Å². The average Bonchev–Trinajstić information content (AvgIpc) is 2.86. The highest BCUT2D eigenvalue weighted by Crippen LogP contribution is 2.30. The van der Waals surface area contributed by atoms with Crippen molar-refractivity contribution < 1.29 is 24.2 Å². The third-order valence-electron chi connectivity index (χ3n) is 3.83. The number of fused-ring (bicyclic) bond motifs is 1. The molecular weight excluding hydrogens is 346 g/mol. The van der Waals surface area contributed by atoms with Crippen LogP contribution in [-0.4, -0.2) is 48.2 Å². The summed E-state index contributed by atoms with van der Waals surface area (Å²) in [6, 6.07) is 11.4. The van der Waals surface area contributed by atoms with Crippen LogP contribution < -0.4 is 9.47 Å². The molecule has 25 heavy (non-hydrogen) atoms. The summed E-state index contributed by atoms with van der Waals surface area (Å²) in [6.45, 7) is -0.256. The Labute approximate surface area is 149 Å². The number of hydrogen-bond donors (Lipinski definition) is 1. The minimum atomic E-state index is -1.04. The van der Waals surface area contributed by atoms with Gasteiger partial charge in [0.15, 0.2) is 11.5 Å². The lowest BCUT2D eigenvalue weighted by molar-refractivity contribution is 0.0454. The van der Waals surface area contributed by atoms with Crippen molar-refractivity contribution in [3.8, 4) is 11.5 Å². The molecule has 2 aromatic carbocycles. The monoisotopic (exact) mass is 361 g/mol. The summed E-state index contributed by atoms with van der Waals surface area (Å²) in [5, 5.41) is 10.7. The molecule has 1 heterocycles. The molecule has 1 aliphatic rings. The van der Waals surface area contributed by atoms with Crippen LogP contribution >= 0.6 is 11.6 Å². The first-order chi connectivity index (χ1) is 12.0. The van der Waals surface area contributed by atoms with E-state index in [4.69, 9.17) is 21.1 Å². The van der Waals surface area contributed by atoms with Crippen molar-refractivity contribution in [2.24, 2.45) is 0 Å². The van der Waals surface area contributed by atoms with Gasteiger partial charge in [0.05, 0.1) is 24.8 Å². The molecule has 6 nitrogen and oxygen atoms in total. The van der Waals surface area contributed by atoms with E-state index in [0.29, 0.717) is 27.6 Å². The Hall–Kier alpha value is -2.57. The molecule has 0 fully saturated rings. The van der Waals surface area contributed by atoms with Crippen LogP contribution in [0.3, 0.4) is 0 Å². The quantitative estimate of drug-likeness (QED) is 0.799. The van der Waals surface area contributed by atoms with Crippen molar-refractivity contribution in [3.63, 3.8) is 0 Å². The van der Waals surface area contributed by atoms with Crippen LogP contribution in [0.2, 0.25) is 5.02 Å². The van der Waals surface area contributed by atoms with Gasteiger partial charge in [-0.1, -0.05) is 23.7 Å². The molecule has 7 heteroatoms. The maximum Gasteiger partial charge on any atom is 0.261 e. The Bertz CT molecular complexity index is 788. The zero-order valence-electron chi connectivity index (χ0n) is 13.4. The van der Waals surface area contributed by atoms with Gasteiger partial charge in [-0.3, -0.25) is 14.5 Å². The lowest BCUT2D eigenvalue weighted by Gasteiger charge is -2.19. The predicted molar refractivity (Wildman–Crippen MR) is 91.3 cm³/mol. The predicted octanol–water partition coefficient (Wildman–Crippen LogP) is 2.38. The van der Waals surface area contributed by atoms with Crippen molar-refractivity contribution in [1.29, 1.82) is 0 Å². The first-order valence-corrected chi connectivity index (χ1v) is 7.98. The van der Waals surface area contributed by atoms with E-state index in [2.05, 4.69) is 0 Å². The fourth-order valence-corrected chi connectivity index (χ4v) is 2.78. The number of hydrogen-bond acceptors (Lipinski definition) is 5. The van der Waals surface area contributed by atoms with Crippen molar-refractivity contribution >= 4 is 23.4 Å². The number of carbonyl (C=O) groups excluding carboxylic acids is 2. The summed E-state index contributed by atoms with van der Waals surface area (Å²) in [7, 11) is 1.48. The van der Waals surface area contributed by atoms with E-state index in [9.17, 15) is 14.7 Å². The van der Waals surface area contributed by atoms with Crippen LogP contribution in [0.5, 0.6) is 11.5 Å². The van der Waals surface area contributed by atoms with Crippen LogP contribution in [0, 0.1) is 0 Å². The maximum absolute atomic E-state index is 12.3. The summed E-state index contributed by atoms with van der Waals surface area (Å²) in [5.74, 6) is 0.0150. The SMILES string of the molecule is COc1cc(Cl)ccc1OCC(O)CN1C(=O)c2ccccc2C1=O. The van der Waals surface area contributed by atoms with Crippen LogP contribution in [0.15, 0.2) is 42.5 Å². The zero-order valence-corrected chi connectivity index (χ0v) is 14.2. The lowest BCUT2D eigenvalue weighted by atomic mass is 10.1. The van der Waals surface area contributed by atoms with E-state index in [1.54, 1.807) is 42.5 Å². The Morgan fingerprint density at radius 2 is 1.72 bits per heavy atom. The van der Waals surface area contributed by atoms with Crippen molar-refractivity contribution in [2.45, 2.75) is 6.10 Å². The molecule has 2 aromatic rings. The molecule has 2 amide bonds. The van der Waals surface area contributed by atoms with Crippen molar-refractivity contribution in [2.75, 3.05) is 20.3 Å². The Morgan fingerprint density at radius 3 is 2.32 bits per heavy atom. The highest BCUT2D eigenvalue weighted by atomic mass is 35.5. The van der Waals surface area contributed by atoms with Crippen molar-refractivity contribution in [3.05, 3.63) is 58.6 Å². The summed E-state index contributed by atoms with van der Waals surface area (Å²) in [5.41, 5.74) is 0.694. The number of ether oxygens (including phenoxy) is 2. The Kier molecular flexibility index (Phi) is 4.92. The van der Waals surface area contributed by atoms with Gasteiger partial charge in [-0.15, -0.1) is 0 Å². The Balaban J connectivity index is 1.63. The van der Waals surface area contributed by atoms with Gasteiger partial charge in [0.2, 0.25) is 0 Å². The number of carbonyl (C=O) groups is 2. The smallest absolute Gasteiger partial charge is 0.261 e. The molecule has 3 rings (SSSR count). The molecule has 1 N–H and O–H groups in total. The molecule has 1 atom stereocenters. The summed E-state index contributed by atoms with van der Waals surface area (Å²) in [4.78, 5) is 25.6. The highest BCUT2D eigenvalue weighted by molar-refractivity contribution is 6.30. The van der Waals surface area contributed by atoms with Gasteiger partial charge in [0.1, 0.15) is 12.7 Å². The molecule has 0 aliphatic carbocycles. The second kappa shape index (κ2) is 7.13. The number of aliphatic hydroxyl groups is 1. The minimum Gasteiger partial charge on any atom is -0.493 e. The molecule has 0 bridgehead atoms. The molecule has 1 unspecified atom stereocenters. The third-order valence-corrected chi connectivity index (χ3v) is 4.06. The minimum absolute atomic E-state index is 0.106. The standard InChI is InChI=1S/C18H16ClNO5/c1-24-16-8-11(19)6-7-15(16)25-10-12(21)9-20-17(22)13-4-2-3-5-14(13)18(20)23/h2-8,12,21H,9-10H2,1H3. The van der Waals surface area contributed by atoms with E-state index in [1.165, 1.54) is 7.11 Å². The van der Waals surface area contributed by atoms with Gasteiger partial charge in [-0.25, -0.2) is 0 Å².